The van der Waals surface area contributed by atoms with Gasteiger partial charge < -0.3 is 15.1 Å². The molecule has 6 nitrogen and oxygen atoms in total. The van der Waals surface area contributed by atoms with Crippen LogP contribution < -0.4 is 0 Å². The fraction of sp³-hybridized carbons (Fsp3) is 0.323. The molecule has 37 heavy (non-hydrogen) atoms. The zero-order valence-electron chi connectivity index (χ0n) is 22.5. The van der Waals surface area contributed by atoms with Gasteiger partial charge in [0.15, 0.2) is 0 Å². The van der Waals surface area contributed by atoms with Gasteiger partial charge in [0.1, 0.15) is 0 Å². The predicted molar refractivity (Wildman–Crippen MR) is 152 cm³/mol. The van der Waals surface area contributed by atoms with Gasteiger partial charge in [-0.15, -0.1) is 0 Å². The fourth-order valence-electron chi connectivity index (χ4n) is 5.57. The lowest BCUT2D eigenvalue weighted by Crippen LogP contribution is -1.97. The van der Waals surface area contributed by atoms with Gasteiger partial charge in [-0.05, 0) is 116 Å². The van der Waals surface area contributed by atoms with E-state index in [1.807, 2.05) is 6.07 Å². The van der Waals surface area contributed by atoms with E-state index >= 15 is 0 Å². The van der Waals surface area contributed by atoms with Crippen LogP contribution in [-0.2, 0) is 17.6 Å². The lowest BCUT2D eigenvalue weighted by atomic mass is 10.0. The topological polar surface area (TPSA) is 94.7 Å². The minimum Gasteiger partial charge on any atom is -0.481 e. The molecule has 3 N–H and O–H groups in total. The Morgan fingerprint density at radius 2 is 1.41 bits per heavy atom. The monoisotopic (exact) mass is 494 g/mol. The third-order valence-corrected chi connectivity index (χ3v) is 7.74. The van der Waals surface area contributed by atoms with Crippen LogP contribution >= 0.6 is 0 Å². The number of hydrogen-bond acceptors (Lipinski definition) is 3. The summed E-state index contributed by atoms with van der Waals surface area (Å²) in [5.41, 5.74) is 15.8. The van der Waals surface area contributed by atoms with Gasteiger partial charge in [0, 0.05) is 28.5 Å². The van der Waals surface area contributed by atoms with Crippen molar-refractivity contribution in [1.29, 1.82) is 0 Å². The van der Waals surface area contributed by atoms with E-state index in [1.165, 1.54) is 22.3 Å². The maximum Gasteiger partial charge on any atom is 0.303 e. The van der Waals surface area contributed by atoms with Gasteiger partial charge in [0.2, 0.25) is 0 Å². The third kappa shape index (κ3) is 4.41. The van der Waals surface area contributed by atoms with Gasteiger partial charge in [-0.2, -0.15) is 0 Å². The number of H-pyrrole nitrogens is 2. The molecule has 6 heteroatoms. The second kappa shape index (κ2) is 9.51. The first kappa shape index (κ1) is 24.8. The Labute approximate surface area is 217 Å². The van der Waals surface area contributed by atoms with E-state index in [0.29, 0.717) is 6.42 Å². The molecule has 0 amide bonds. The molecule has 0 saturated carbocycles. The number of carboxylic acids is 1. The summed E-state index contributed by atoms with van der Waals surface area (Å²) in [7, 11) is 0. The minimum atomic E-state index is -0.803. The van der Waals surface area contributed by atoms with Crippen molar-refractivity contribution in [1.82, 2.24) is 19.9 Å². The lowest BCUT2D eigenvalue weighted by Gasteiger charge is -1.99. The van der Waals surface area contributed by atoms with E-state index in [4.69, 9.17) is 9.97 Å². The SMILES string of the molecule is CCC1=C(C)c2cc3[nH]c(cc4nc(cc5[nH]c(cc1n2)c(C)c5CC)C(C)=C4)c(CCC(=O)O)c3C. The van der Waals surface area contributed by atoms with Crippen LogP contribution in [0.1, 0.15) is 85.6 Å². The summed E-state index contributed by atoms with van der Waals surface area (Å²) in [4.78, 5) is 28.6. The number of allylic oxidation sites excluding steroid dienone is 3. The van der Waals surface area contributed by atoms with Crippen molar-refractivity contribution in [3.8, 4) is 0 Å². The van der Waals surface area contributed by atoms with Gasteiger partial charge in [0.25, 0.3) is 0 Å². The first-order chi connectivity index (χ1) is 17.7. The van der Waals surface area contributed by atoms with Gasteiger partial charge in [-0.3, -0.25) is 4.79 Å². The standard InChI is InChI=1S/C31H34N4O2/c1-7-21-18(5)27-15-30-22(8-2)17(4)25(34-30)14-26-19(6)23(9-10-31(36)37)28(33-26)12-20-11-16(3)24(32-20)13-29(21)35-27/h11-15,33,35H,7-10H2,1-6H3,(H,36,37). The Morgan fingerprint density at radius 1 is 0.784 bits per heavy atom. The van der Waals surface area contributed by atoms with Crippen molar-refractivity contribution in [2.45, 2.75) is 67.2 Å². The van der Waals surface area contributed by atoms with Crippen LogP contribution in [0.4, 0.5) is 0 Å². The quantitative estimate of drug-likeness (QED) is 0.344. The van der Waals surface area contributed by atoms with Gasteiger partial charge in [-0.25, -0.2) is 9.97 Å². The molecule has 5 rings (SSSR count). The zero-order chi connectivity index (χ0) is 26.4. The van der Waals surface area contributed by atoms with Crippen LogP contribution in [0.2, 0.25) is 0 Å². The summed E-state index contributed by atoms with van der Waals surface area (Å²) in [5.74, 6) is -0.803. The van der Waals surface area contributed by atoms with Crippen LogP contribution in [0.5, 0.6) is 0 Å². The van der Waals surface area contributed by atoms with E-state index in [1.54, 1.807) is 0 Å². The number of rotatable bonds is 5. The summed E-state index contributed by atoms with van der Waals surface area (Å²) in [6.45, 7) is 12.8. The smallest absolute Gasteiger partial charge is 0.303 e. The molecule has 0 atom stereocenters. The molecule has 0 fully saturated rings. The van der Waals surface area contributed by atoms with Gasteiger partial charge in [0.05, 0.1) is 22.8 Å². The molecule has 0 aromatic carbocycles. The second-order valence-electron chi connectivity index (χ2n) is 10.0. The summed E-state index contributed by atoms with van der Waals surface area (Å²) in [6, 6.07) is 8.45. The van der Waals surface area contributed by atoms with E-state index in [0.717, 1.165) is 74.4 Å². The second-order valence-corrected chi connectivity index (χ2v) is 10.0. The Bertz CT molecular complexity index is 1660. The number of nitrogens with one attached hydrogen (secondary N) is 2. The minimum absolute atomic E-state index is 0.0757. The van der Waals surface area contributed by atoms with E-state index in [9.17, 15) is 9.90 Å². The summed E-state index contributed by atoms with van der Waals surface area (Å²) in [5, 5.41) is 9.36. The Morgan fingerprint density at radius 3 is 2.05 bits per heavy atom. The van der Waals surface area contributed by atoms with Crippen LogP contribution in [0.25, 0.3) is 44.9 Å². The lowest BCUT2D eigenvalue weighted by molar-refractivity contribution is -0.136. The summed E-state index contributed by atoms with van der Waals surface area (Å²) < 4.78 is 0. The molecule has 2 aliphatic heterocycles. The number of aliphatic carboxylic acids is 1. The van der Waals surface area contributed by atoms with Crippen molar-refractivity contribution in [2.24, 2.45) is 0 Å². The van der Waals surface area contributed by atoms with Crippen molar-refractivity contribution >= 4 is 50.8 Å². The van der Waals surface area contributed by atoms with Crippen molar-refractivity contribution in [3.63, 3.8) is 0 Å². The van der Waals surface area contributed by atoms with Crippen LogP contribution in [0, 0.1) is 13.8 Å². The average Bonchev–Trinajstić information content (AvgIpc) is 3.52. The van der Waals surface area contributed by atoms with Crippen molar-refractivity contribution in [3.05, 3.63) is 69.3 Å². The summed E-state index contributed by atoms with van der Waals surface area (Å²) >= 11 is 0. The number of aryl methyl sites for hydroxylation is 4. The highest BCUT2D eigenvalue weighted by atomic mass is 16.4. The van der Waals surface area contributed by atoms with Crippen LogP contribution in [-0.4, -0.2) is 31.0 Å². The molecule has 3 aromatic heterocycles. The largest absolute Gasteiger partial charge is 0.481 e. The maximum absolute atomic E-state index is 11.4. The number of fused-ring (bicyclic) bond motifs is 8. The molecule has 0 unspecified atom stereocenters. The van der Waals surface area contributed by atoms with Crippen LogP contribution in [0.15, 0.2) is 24.3 Å². The summed E-state index contributed by atoms with van der Waals surface area (Å²) in [6.07, 6.45) is 4.43. The van der Waals surface area contributed by atoms with Crippen molar-refractivity contribution < 1.29 is 9.90 Å². The molecule has 0 spiro atoms. The molecule has 3 aromatic rings. The maximum atomic E-state index is 11.4. The molecule has 0 radical (unpaired) electrons. The molecule has 8 bridgehead atoms. The normalized spacial score (nSPS) is 13.3. The molecule has 5 heterocycles. The highest BCUT2D eigenvalue weighted by molar-refractivity contribution is 5.93. The Balaban J connectivity index is 1.92. The molecule has 190 valence electrons. The Kier molecular flexibility index (Phi) is 6.36. The predicted octanol–water partition coefficient (Wildman–Crippen LogP) is 7.41. The van der Waals surface area contributed by atoms with E-state index < -0.39 is 5.97 Å². The molecule has 0 aliphatic carbocycles. The molecule has 2 aliphatic rings. The first-order valence-electron chi connectivity index (χ1n) is 13.0. The number of aromatic nitrogens is 4. The number of aromatic amines is 2. The average molecular weight is 495 g/mol. The third-order valence-electron chi connectivity index (χ3n) is 7.74. The number of carboxylic acid groups (broad SMARTS) is 1. The van der Waals surface area contributed by atoms with Crippen LogP contribution in [0.3, 0.4) is 0 Å². The number of carbonyl (C=O) groups is 1. The number of hydrogen-bond donors (Lipinski definition) is 3. The number of nitrogens with zero attached hydrogens (tertiary/aromatic N) is 2. The molecular weight excluding hydrogens is 460 g/mol. The van der Waals surface area contributed by atoms with E-state index in [2.05, 4.69) is 75.8 Å². The first-order valence-corrected chi connectivity index (χ1v) is 13.0. The highest BCUT2D eigenvalue weighted by Gasteiger charge is 2.18. The fourth-order valence-corrected chi connectivity index (χ4v) is 5.57. The molecular formula is C31H34N4O2. The zero-order valence-corrected chi connectivity index (χ0v) is 22.5. The molecule has 0 saturated heterocycles. The Hall–Kier alpha value is -3.93. The highest BCUT2D eigenvalue weighted by Crippen LogP contribution is 2.34. The van der Waals surface area contributed by atoms with E-state index in [-0.39, 0.29) is 6.42 Å². The van der Waals surface area contributed by atoms with Crippen molar-refractivity contribution in [2.75, 3.05) is 0 Å². The van der Waals surface area contributed by atoms with Gasteiger partial charge in [-0.1, -0.05) is 13.8 Å². The van der Waals surface area contributed by atoms with Gasteiger partial charge >= 0.3 is 5.97 Å².